The summed E-state index contributed by atoms with van der Waals surface area (Å²) in [7, 11) is -4.66. The van der Waals surface area contributed by atoms with Gasteiger partial charge < -0.3 is 10.1 Å². The van der Waals surface area contributed by atoms with Crippen LogP contribution < -0.4 is 10.1 Å². The van der Waals surface area contributed by atoms with Crippen LogP contribution in [-0.2, 0) is 14.6 Å². The largest absolute Gasteiger partial charge is 0.483 e. The third-order valence-corrected chi connectivity index (χ3v) is 4.83. The van der Waals surface area contributed by atoms with Crippen molar-refractivity contribution < 1.29 is 26.7 Å². The zero-order chi connectivity index (χ0) is 18.6. The van der Waals surface area contributed by atoms with Crippen LogP contribution in [0.25, 0.3) is 0 Å². The van der Waals surface area contributed by atoms with Gasteiger partial charge in [-0.2, -0.15) is 8.78 Å². The smallest absolute Gasteiger partial charge is 0.341 e. The van der Waals surface area contributed by atoms with Gasteiger partial charge >= 0.3 is 5.76 Å². The van der Waals surface area contributed by atoms with Crippen molar-refractivity contribution in [1.82, 2.24) is 0 Å². The minimum Gasteiger partial charge on any atom is -0.483 e. The molecular formula is C16H14ClF2NO4S. The fourth-order valence-corrected chi connectivity index (χ4v) is 2.89. The molecule has 0 heterocycles. The molecule has 0 bridgehead atoms. The summed E-state index contributed by atoms with van der Waals surface area (Å²) in [6, 6.07) is 9.40. The summed E-state index contributed by atoms with van der Waals surface area (Å²) in [6.07, 6.45) is 0. The van der Waals surface area contributed by atoms with E-state index >= 15 is 0 Å². The fourth-order valence-electron chi connectivity index (χ4n) is 1.95. The summed E-state index contributed by atoms with van der Waals surface area (Å²) in [5, 5.41) is 3.03. The number of halogens is 3. The van der Waals surface area contributed by atoms with Gasteiger partial charge in [0.2, 0.25) is 9.84 Å². The third kappa shape index (κ3) is 4.90. The minimum atomic E-state index is -4.66. The Balaban J connectivity index is 1.97. The number of aryl methyl sites for hydroxylation is 1. The number of carbonyl (C=O) groups excluding carboxylic acids is 1. The Morgan fingerprint density at radius 2 is 1.84 bits per heavy atom. The molecule has 0 saturated carbocycles. The van der Waals surface area contributed by atoms with E-state index in [1.54, 1.807) is 25.1 Å². The van der Waals surface area contributed by atoms with E-state index in [1.165, 1.54) is 12.1 Å². The van der Waals surface area contributed by atoms with E-state index in [2.05, 4.69) is 5.32 Å². The molecule has 2 rings (SSSR count). The van der Waals surface area contributed by atoms with Gasteiger partial charge in [-0.15, -0.1) is 0 Å². The molecule has 0 aromatic heterocycles. The van der Waals surface area contributed by atoms with Gasteiger partial charge in [-0.05, 0) is 55.0 Å². The Morgan fingerprint density at radius 3 is 2.40 bits per heavy atom. The van der Waals surface area contributed by atoms with Crippen molar-refractivity contribution >= 4 is 33.0 Å². The van der Waals surface area contributed by atoms with Crippen molar-refractivity contribution in [2.75, 3.05) is 11.9 Å². The maximum Gasteiger partial charge on any atom is 0.341 e. The van der Waals surface area contributed by atoms with Crippen molar-refractivity contribution in [3.8, 4) is 5.75 Å². The number of nitrogens with one attached hydrogen (secondary N) is 1. The molecule has 0 aliphatic rings. The Morgan fingerprint density at radius 1 is 1.20 bits per heavy atom. The molecule has 0 radical (unpaired) electrons. The molecule has 0 aliphatic carbocycles. The second kappa shape index (κ2) is 7.79. The van der Waals surface area contributed by atoms with Crippen molar-refractivity contribution in [3.05, 3.63) is 53.1 Å². The van der Waals surface area contributed by atoms with E-state index in [1.807, 2.05) is 0 Å². The number of rotatable bonds is 6. The SMILES string of the molecule is Cc1cc(Cl)ccc1OCC(=O)Nc1ccc(S(=O)(=O)C(F)F)cc1. The van der Waals surface area contributed by atoms with Gasteiger partial charge in [-0.3, -0.25) is 4.79 Å². The van der Waals surface area contributed by atoms with Crippen LogP contribution >= 0.6 is 11.6 Å². The van der Waals surface area contributed by atoms with Crippen molar-refractivity contribution in [1.29, 1.82) is 0 Å². The zero-order valence-corrected chi connectivity index (χ0v) is 14.6. The van der Waals surface area contributed by atoms with Crippen LogP contribution in [0.5, 0.6) is 5.75 Å². The highest BCUT2D eigenvalue weighted by atomic mass is 35.5. The molecule has 0 saturated heterocycles. The number of hydrogen-bond acceptors (Lipinski definition) is 4. The molecule has 9 heteroatoms. The molecule has 134 valence electrons. The van der Waals surface area contributed by atoms with Crippen molar-refractivity contribution in [2.45, 2.75) is 17.6 Å². The van der Waals surface area contributed by atoms with E-state index in [0.29, 0.717) is 10.8 Å². The predicted molar refractivity (Wildman–Crippen MR) is 89.9 cm³/mol. The lowest BCUT2D eigenvalue weighted by molar-refractivity contribution is -0.118. The molecule has 1 N–H and O–H groups in total. The van der Waals surface area contributed by atoms with Crippen LogP contribution in [0.1, 0.15) is 5.56 Å². The van der Waals surface area contributed by atoms with E-state index in [-0.39, 0.29) is 12.3 Å². The molecular weight excluding hydrogens is 376 g/mol. The van der Waals surface area contributed by atoms with Gasteiger partial charge in [0.1, 0.15) is 5.75 Å². The van der Waals surface area contributed by atoms with Gasteiger partial charge in [0.15, 0.2) is 6.61 Å². The molecule has 0 atom stereocenters. The summed E-state index contributed by atoms with van der Waals surface area (Å²) < 4.78 is 52.9. The van der Waals surface area contributed by atoms with E-state index in [0.717, 1.165) is 17.7 Å². The zero-order valence-electron chi connectivity index (χ0n) is 13.0. The van der Waals surface area contributed by atoms with Crippen LogP contribution in [0.4, 0.5) is 14.5 Å². The molecule has 0 unspecified atom stereocenters. The van der Waals surface area contributed by atoms with E-state index < -0.39 is 26.4 Å². The first-order chi connectivity index (χ1) is 11.7. The molecule has 0 aliphatic heterocycles. The van der Waals surface area contributed by atoms with E-state index in [9.17, 15) is 22.0 Å². The Labute approximate surface area is 148 Å². The first-order valence-corrected chi connectivity index (χ1v) is 8.93. The van der Waals surface area contributed by atoms with Crippen LogP contribution in [0.15, 0.2) is 47.4 Å². The predicted octanol–water partition coefficient (Wildman–Crippen LogP) is 3.66. The lowest BCUT2D eigenvalue weighted by Crippen LogP contribution is -2.20. The second-order valence-corrected chi connectivity index (χ2v) is 7.43. The number of amides is 1. The highest BCUT2D eigenvalue weighted by molar-refractivity contribution is 7.91. The lowest BCUT2D eigenvalue weighted by Gasteiger charge is -2.10. The standard InChI is InChI=1S/C16H14ClF2NO4S/c1-10-8-11(17)2-7-14(10)24-9-15(21)20-12-3-5-13(6-4-12)25(22,23)16(18)19/h2-8,16H,9H2,1H3,(H,20,21). The average Bonchev–Trinajstić information content (AvgIpc) is 2.54. The van der Waals surface area contributed by atoms with Gasteiger partial charge in [0.05, 0.1) is 4.90 Å². The molecule has 1 amide bonds. The highest BCUT2D eigenvalue weighted by Crippen LogP contribution is 2.22. The van der Waals surface area contributed by atoms with Crippen LogP contribution in [-0.4, -0.2) is 26.7 Å². The van der Waals surface area contributed by atoms with Crippen molar-refractivity contribution in [2.24, 2.45) is 0 Å². The lowest BCUT2D eigenvalue weighted by atomic mass is 10.2. The Kier molecular flexibility index (Phi) is 5.97. The summed E-state index contributed by atoms with van der Waals surface area (Å²) in [5.74, 6) is -3.49. The maximum atomic E-state index is 12.4. The number of benzene rings is 2. The summed E-state index contributed by atoms with van der Waals surface area (Å²) >= 11 is 5.83. The maximum absolute atomic E-state index is 12.4. The third-order valence-electron chi connectivity index (χ3n) is 3.20. The number of sulfone groups is 1. The van der Waals surface area contributed by atoms with Gasteiger partial charge in [-0.25, -0.2) is 8.42 Å². The summed E-state index contributed by atoms with van der Waals surface area (Å²) in [5.41, 5.74) is 1.02. The molecule has 2 aromatic rings. The van der Waals surface area contributed by atoms with Crippen LogP contribution in [0, 0.1) is 6.92 Å². The highest BCUT2D eigenvalue weighted by Gasteiger charge is 2.26. The molecule has 2 aromatic carbocycles. The molecule has 25 heavy (non-hydrogen) atoms. The fraction of sp³-hybridized carbons (Fsp3) is 0.188. The number of ether oxygens (including phenoxy) is 1. The van der Waals surface area contributed by atoms with E-state index in [4.69, 9.17) is 16.3 Å². The summed E-state index contributed by atoms with van der Waals surface area (Å²) in [4.78, 5) is 11.3. The first kappa shape index (κ1) is 19.1. The quantitative estimate of drug-likeness (QED) is 0.818. The second-order valence-electron chi connectivity index (χ2n) is 5.08. The number of alkyl halides is 2. The van der Waals surface area contributed by atoms with Gasteiger partial charge in [0.25, 0.3) is 5.91 Å². The Hall–Kier alpha value is -2.19. The van der Waals surface area contributed by atoms with Crippen LogP contribution in [0.2, 0.25) is 5.02 Å². The average molecular weight is 390 g/mol. The number of hydrogen-bond donors (Lipinski definition) is 1. The summed E-state index contributed by atoms with van der Waals surface area (Å²) in [6.45, 7) is 1.50. The first-order valence-electron chi connectivity index (χ1n) is 7.01. The molecule has 0 fully saturated rings. The van der Waals surface area contributed by atoms with Gasteiger partial charge in [-0.1, -0.05) is 11.6 Å². The topological polar surface area (TPSA) is 72.5 Å². The molecule has 0 spiro atoms. The van der Waals surface area contributed by atoms with Crippen molar-refractivity contribution in [3.63, 3.8) is 0 Å². The number of anilines is 1. The monoisotopic (exact) mass is 389 g/mol. The molecule has 5 nitrogen and oxygen atoms in total. The van der Waals surface area contributed by atoms with Gasteiger partial charge in [0, 0.05) is 10.7 Å². The normalized spacial score (nSPS) is 11.4. The van der Waals surface area contributed by atoms with Crippen LogP contribution in [0.3, 0.4) is 0 Å². The number of carbonyl (C=O) groups is 1. The Bertz CT molecular complexity index is 870. The minimum absolute atomic E-state index is 0.259.